The molecule has 1 aliphatic rings. The van der Waals surface area contributed by atoms with E-state index < -0.39 is 0 Å². The number of thioether (sulfide) groups is 1. The zero-order chi connectivity index (χ0) is 22.6. The maximum atomic E-state index is 12.6. The first-order valence-electron chi connectivity index (χ1n) is 10.6. The second-order valence-corrected chi connectivity index (χ2v) is 9.58. The van der Waals surface area contributed by atoms with Crippen molar-refractivity contribution in [3.05, 3.63) is 76.7 Å². The van der Waals surface area contributed by atoms with E-state index in [0.717, 1.165) is 41.6 Å². The minimum atomic E-state index is -0.187. The van der Waals surface area contributed by atoms with E-state index in [4.69, 9.17) is 4.98 Å². The summed E-state index contributed by atoms with van der Waals surface area (Å²) in [5, 5.41) is 22.2. The number of nitriles is 1. The summed E-state index contributed by atoms with van der Waals surface area (Å²) >= 11 is 2.74. The summed E-state index contributed by atoms with van der Waals surface area (Å²) in [6.07, 6.45) is 2.97. The van der Waals surface area contributed by atoms with Crippen molar-refractivity contribution in [2.45, 2.75) is 24.4 Å². The van der Waals surface area contributed by atoms with Gasteiger partial charge in [0.25, 0.3) is 0 Å². The first-order chi connectivity index (χ1) is 16.2. The number of anilines is 1. The highest BCUT2D eigenvalue weighted by Crippen LogP contribution is 2.38. The van der Waals surface area contributed by atoms with Crippen LogP contribution in [0.15, 0.2) is 65.8 Å². The van der Waals surface area contributed by atoms with Gasteiger partial charge in [-0.3, -0.25) is 4.79 Å². The van der Waals surface area contributed by atoms with Gasteiger partial charge in [-0.1, -0.05) is 72.4 Å². The number of carbonyl (C=O) groups excluding carboxylic acids is 1. The molecule has 0 aliphatic heterocycles. The van der Waals surface area contributed by atoms with E-state index in [1.54, 1.807) is 0 Å². The number of benzene rings is 2. The molecule has 2 aromatic heterocycles. The molecule has 6 nitrogen and oxygen atoms in total. The average Bonchev–Trinajstić information content (AvgIpc) is 3.44. The molecule has 33 heavy (non-hydrogen) atoms. The number of nitrogens with one attached hydrogen (secondary N) is 1. The van der Waals surface area contributed by atoms with Crippen molar-refractivity contribution in [1.29, 1.82) is 5.26 Å². The number of fused-ring (bicyclic) bond motifs is 1. The number of aromatic nitrogens is 3. The highest BCUT2D eigenvalue weighted by molar-refractivity contribution is 7.99. The molecule has 162 valence electrons. The topological polar surface area (TPSA) is 91.6 Å². The Morgan fingerprint density at radius 2 is 1.70 bits per heavy atom. The summed E-state index contributed by atoms with van der Waals surface area (Å²) < 4.78 is 0. The third-order valence-electron chi connectivity index (χ3n) is 5.38. The van der Waals surface area contributed by atoms with Crippen molar-refractivity contribution in [3.63, 3.8) is 0 Å². The number of hydrogen-bond donors (Lipinski definition) is 1. The van der Waals surface area contributed by atoms with Gasteiger partial charge in [-0.05, 0) is 24.8 Å². The maximum absolute atomic E-state index is 12.6. The SMILES string of the molecule is N#Cc1c(NC(=O)CSc2nnc(-c3ccccc3)c(-c3ccccc3)n2)sc2c1CCC2. The van der Waals surface area contributed by atoms with E-state index in [1.807, 2.05) is 60.7 Å². The number of aryl methyl sites for hydroxylation is 1. The normalized spacial score (nSPS) is 12.2. The van der Waals surface area contributed by atoms with Crippen LogP contribution in [0, 0.1) is 11.3 Å². The van der Waals surface area contributed by atoms with Gasteiger partial charge in [0.1, 0.15) is 22.5 Å². The minimum absolute atomic E-state index is 0.133. The van der Waals surface area contributed by atoms with Crippen LogP contribution < -0.4 is 5.32 Å². The van der Waals surface area contributed by atoms with Gasteiger partial charge in [-0.2, -0.15) is 5.26 Å². The molecule has 8 heteroatoms. The van der Waals surface area contributed by atoms with Crippen LogP contribution in [0.2, 0.25) is 0 Å². The Balaban J connectivity index is 1.35. The molecule has 0 radical (unpaired) electrons. The number of carbonyl (C=O) groups is 1. The predicted octanol–water partition coefficient (Wildman–Crippen LogP) is 5.36. The van der Waals surface area contributed by atoms with Crippen LogP contribution in [0.25, 0.3) is 22.5 Å². The Morgan fingerprint density at radius 1 is 1.00 bits per heavy atom. The van der Waals surface area contributed by atoms with E-state index >= 15 is 0 Å². The van der Waals surface area contributed by atoms with Crippen molar-refractivity contribution in [2.75, 3.05) is 11.1 Å². The van der Waals surface area contributed by atoms with Gasteiger partial charge in [0.2, 0.25) is 11.1 Å². The van der Waals surface area contributed by atoms with Gasteiger partial charge in [0.05, 0.1) is 11.3 Å². The molecule has 2 aromatic carbocycles. The Hall–Kier alpha value is -3.54. The first kappa shape index (κ1) is 21.3. The zero-order valence-electron chi connectivity index (χ0n) is 17.6. The second-order valence-electron chi connectivity index (χ2n) is 7.53. The molecule has 0 bridgehead atoms. The molecular formula is C25H19N5OS2. The van der Waals surface area contributed by atoms with Crippen molar-refractivity contribution >= 4 is 34.0 Å². The molecular weight excluding hydrogens is 450 g/mol. The van der Waals surface area contributed by atoms with E-state index in [0.29, 0.717) is 21.4 Å². The van der Waals surface area contributed by atoms with Crippen molar-refractivity contribution < 1.29 is 4.79 Å². The van der Waals surface area contributed by atoms with Crippen molar-refractivity contribution in [1.82, 2.24) is 15.2 Å². The Labute approximate surface area is 199 Å². The van der Waals surface area contributed by atoms with E-state index in [-0.39, 0.29) is 11.7 Å². The summed E-state index contributed by atoms with van der Waals surface area (Å²) in [4.78, 5) is 18.6. The number of amides is 1. The van der Waals surface area contributed by atoms with Crippen LogP contribution in [-0.2, 0) is 17.6 Å². The number of thiophene rings is 1. The standard InChI is InChI=1S/C25H19N5OS2/c26-14-19-18-12-7-13-20(18)33-24(19)27-21(31)15-32-25-28-22(16-8-3-1-4-9-16)23(29-30-25)17-10-5-2-6-11-17/h1-6,8-11H,7,12-13,15H2,(H,27,31). The van der Waals surface area contributed by atoms with Gasteiger partial charge in [-0.15, -0.1) is 21.5 Å². The fraction of sp³-hybridized carbons (Fsp3) is 0.160. The molecule has 4 aromatic rings. The van der Waals surface area contributed by atoms with Gasteiger partial charge >= 0.3 is 0 Å². The van der Waals surface area contributed by atoms with Crippen LogP contribution in [0.4, 0.5) is 5.00 Å². The Kier molecular flexibility index (Phi) is 6.15. The van der Waals surface area contributed by atoms with Crippen LogP contribution in [0.1, 0.15) is 22.4 Å². The Bertz CT molecular complexity index is 1350. The smallest absolute Gasteiger partial charge is 0.235 e. The highest BCUT2D eigenvalue weighted by atomic mass is 32.2. The van der Waals surface area contributed by atoms with Gasteiger partial charge in [0.15, 0.2) is 0 Å². The number of hydrogen-bond acceptors (Lipinski definition) is 7. The summed E-state index contributed by atoms with van der Waals surface area (Å²) in [5.41, 5.74) is 5.00. The summed E-state index contributed by atoms with van der Waals surface area (Å²) in [5.74, 6) is -0.0537. The molecule has 2 heterocycles. The molecule has 0 spiro atoms. The molecule has 5 rings (SSSR count). The van der Waals surface area contributed by atoms with E-state index in [9.17, 15) is 10.1 Å². The molecule has 0 unspecified atom stereocenters. The predicted molar refractivity (Wildman–Crippen MR) is 131 cm³/mol. The largest absolute Gasteiger partial charge is 0.316 e. The lowest BCUT2D eigenvalue weighted by Crippen LogP contribution is -2.14. The van der Waals surface area contributed by atoms with Crippen molar-refractivity contribution in [3.8, 4) is 28.6 Å². The third kappa shape index (κ3) is 4.51. The number of rotatable bonds is 6. The molecule has 0 saturated carbocycles. The molecule has 0 atom stereocenters. The molecule has 1 amide bonds. The van der Waals surface area contributed by atoms with E-state index in [1.165, 1.54) is 28.0 Å². The average molecular weight is 470 g/mol. The monoisotopic (exact) mass is 469 g/mol. The summed E-state index contributed by atoms with van der Waals surface area (Å²) in [6.45, 7) is 0. The highest BCUT2D eigenvalue weighted by Gasteiger charge is 2.23. The fourth-order valence-corrected chi connectivity index (χ4v) is 5.71. The quantitative estimate of drug-likeness (QED) is 0.382. The van der Waals surface area contributed by atoms with Crippen LogP contribution in [0.3, 0.4) is 0 Å². The maximum Gasteiger partial charge on any atom is 0.235 e. The summed E-state index contributed by atoms with van der Waals surface area (Å²) in [7, 11) is 0. The lowest BCUT2D eigenvalue weighted by Gasteiger charge is -2.09. The number of nitrogens with zero attached hydrogens (tertiary/aromatic N) is 4. The lowest BCUT2D eigenvalue weighted by molar-refractivity contribution is -0.113. The third-order valence-corrected chi connectivity index (χ3v) is 7.43. The first-order valence-corrected chi connectivity index (χ1v) is 12.4. The summed E-state index contributed by atoms with van der Waals surface area (Å²) in [6, 6.07) is 21.9. The molecule has 1 aliphatic carbocycles. The Morgan fingerprint density at radius 3 is 2.39 bits per heavy atom. The fourth-order valence-electron chi connectivity index (χ4n) is 3.86. The second kappa shape index (κ2) is 9.53. The van der Waals surface area contributed by atoms with Crippen LogP contribution in [0.5, 0.6) is 0 Å². The minimum Gasteiger partial charge on any atom is -0.316 e. The van der Waals surface area contributed by atoms with Gasteiger partial charge < -0.3 is 5.32 Å². The van der Waals surface area contributed by atoms with Gasteiger partial charge in [-0.25, -0.2) is 4.98 Å². The molecule has 1 N–H and O–H groups in total. The lowest BCUT2D eigenvalue weighted by atomic mass is 10.0. The van der Waals surface area contributed by atoms with Crippen LogP contribution >= 0.6 is 23.1 Å². The van der Waals surface area contributed by atoms with E-state index in [2.05, 4.69) is 21.6 Å². The van der Waals surface area contributed by atoms with Crippen LogP contribution in [-0.4, -0.2) is 26.8 Å². The van der Waals surface area contributed by atoms with Crippen molar-refractivity contribution in [2.24, 2.45) is 0 Å². The molecule has 0 saturated heterocycles. The van der Waals surface area contributed by atoms with Gasteiger partial charge in [0, 0.05) is 16.0 Å². The molecule has 0 fully saturated rings. The zero-order valence-corrected chi connectivity index (χ0v) is 19.2.